The van der Waals surface area contributed by atoms with Crippen LogP contribution in [0.3, 0.4) is 0 Å². The molecule has 1 aliphatic rings. The highest BCUT2D eigenvalue weighted by Crippen LogP contribution is 2.22. The third kappa shape index (κ3) is 1.81. The molecule has 1 N–H and O–H groups in total. The monoisotopic (exact) mass is 236 g/mol. The third-order valence-electron chi connectivity index (χ3n) is 3.03. The van der Waals surface area contributed by atoms with Crippen LogP contribution in [0, 0.1) is 6.92 Å². The van der Waals surface area contributed by atoms with Gasteiger partial charge in [-0.1, -0.05) is 0 Å². The van der Waals surface area contributed by atoms with Crippen molar-refractivity contribution in [2.24, 2.45) is 0 Å². The molecule has 0 aliphatic carbocycles. The summed E-state index contributed by atoms with van der Waals surface area (Å²) in [7, 11) is 1.92. The second-order valence-electron chi connectivity index (χ2n) is 4.17. The minimum Gasteiger partial charge on any atom is -0.462 e. The van der Waals surface area contributed by atoms with Crippen molar-refractivity contribution in [3.8, 4) is 0 Å². The van der Waals surface area contributed by atoms with Crippen molar-refractivity contribution < 1.29 is 9.53 Å². The number of ether oxygens (including phenoxy) is 1. The molecule has 0 bridgehead atoms. The predicted octanol–water partition coefficient (Wildman–Crippen LogP) is 0.852. The Labute approximate surface area is 99.4 Å². The molecule has 0 atom stereocenters. The van der Waals surface area contributed by atoms with Gasteiger partial charge >= 0.3 is 5.97 Å². The van der Waals surface area contributed by atoms with Gasteiger partial charge in [-0.2, -0.15) is 0 Å². The summed E-state index contributed by atoms with van der Waals surface area (Å²) in [5.74, 6) is 0.282. The standard InChI is InChI=1S/C12H16N2O3/c1-4-17-12(16)9-7(2)13-11-8(10(9)15)5-6-14(11)3/h4-6H2,1-3H3,(H,13,15). The maximum atomic E-state index is 12.2. The van der Waals surface area contributed by atoms with E-state index in [1.54, 1.807) is 13.8 Å². The Morgan fingerprint density at radius 1 is 1.53 bits per heavy atom. The van der Waals surface area contributed by atoms with Gasteiger partial charge < -0.3 is 14.6 Å². The summed E-state index contributed by atoms with van der Waals surface area (Å²) >= 11 is 0. The Morgan fingerprint density at radius 3 is 2.88 bits per heavy atom. The molecule has 0 radical (unpaired) electrons. The van der Waals surface area contributed by atoms with E-state index in [2.05, 4.69) is 4.98 Å². The number of H-pyrrole nitrogens is 1. The Balaban J connectivity index is 2.56. The van der Waals surface area contributed by atoms with Crippen molar-refractivity contribution in [1.29, 1.82) is 0 Å². The molecule has 0 fully saturated rings. The Bertz CT molecular complexity index is 519. The summed E-state index contributed by atoms with van der Waals surface area (Å²) in [6.07, 6.45) is 0.674. The third-order valence-corrected chi connectivity index (χ3v) is 3.03. The Hall–Kier alpha value is -1.78. The average molecular weight is 236 g/mol. The number of pyridine rings is 1. The zero-order valence-corrected chi connectivity index (χ0v) is 10.3. The molecule has 0 spiro atoms. The molecule has 0 aromatic carbocycles. The molecule has 0 saturated carbocycles. The summed E-state index contributed by atoms with van der Waals surface area (Å²) in [4.78, 5) is 29.0. The van der Waals surface area contributed by atoms with Gasteiger partial charge in [-0.25, -0.2) is 4.79 Å². The lowest BCUT2D eigenvalue weighted by molar-refractivity contribution is 0.0523. The lowest BCUT2D eigenvalue weighted by Gasteiger charge is -2.13. The highest BCUT2D eigenvalue weighted by molar-refractivity contribution is 5.91. The van der Waals surface area contributed by atoms with E-state index in [-0.39, 0.29) is 17.6 Å². The minimum absolute atomic E-state index is 0.140. The molecule has 1 aliphatic heterocycles. The molecule has 5 heteroatoms. The van der Waals surface area contributed by atoms with Crippen LogP contribution in [0.4, 0.5) is 5.82 Å². The number of carbonyl (C=O) groups is 1. The largest absolute Gasteiger partial charge is 0.462 e. The van der Waals surface area contributed by atoms with Crippen LogP contribution in [-0.2, 0) is 11.2 Å². The van der Waals surface area contributed by atoms with Gasteiger partial charge in [0.1, 0.15) is 11.4 Å². The molecule has 1 aromatic heterocycles. The van der Waals surface area contributed by atoms with Crippen LogP contribution in [0.1, 0.15) is 28.5 Å². The number of nitrogens with one attached hydrogen (secondary N) is 1. The van der Waals surface area contributed by atoms with E-state index >= 15 is 0 Å². The molecule has 2 rings (SSSR count). The number of carbonyl (C=O) groups excluding carboxylic acids is 1. The lowest BCUT2D eigenvalue weighted by atomic mass is 10.1. The maximum Gasteiger partial charge on any atom is 0.343 e. The predicted molar refractivity (Wildman–Crippen MR) is 64.7 cm³/mol. The van der Waals surface area contributed by atoms with Gasteiger partial charge in [-0.05, 0) is 20.3 Å². The molecule has 0 unspecified atom stereocenters. The number of aryl methyl sites for hydroxylation is 1. The first-order valence-electron chi connectivity index (χ1n) is 5.70. The van der Waals surface area contributed by atoms with Gasteiger partial charge in [0, 0.05) is 24.8 Å². The van der Waals surface area contributed by atoms with Gasteiger partial charge in [0.05, 0.1) is 6.61 Å². The van der Waals surface area contributed by atoms with Gasteiger partial charge in [0.2, 0.25) is 5.43 Å². The van der Waals surface area contributed by atoms with Crippen molar-refractivity contribution in [2.45, 2.75) is 20.3 Å². The molecule has 5 nitrogen and oxygen atoms in total. The number of nitrogens with zero attached hydrogens (tertiary/aromatic N) is 1. The van der Waals surface area contributed by atoms with E-state index in [9.17, 15) is 9.59 Å². The first-order chi connectivity index (χ1) is 8.06. The second-order valence-corrected chi connectivity index (χ2v) is 4.17. The van der Waals surface area contributed by atoms with E-state index in [0.717, 1.165) is 12.4 Å². The Morgan fingerprint density at radius 2 is 2.24 bits per heavy atom. The van der Waals surface area contributed by atoms with E-state index < -0.39 is 5.97 Å². The number of hydrogen-bond donors (Lipinski definition) is 1. The smallest absolute Gasteiger partial charge is 0.343 e. The molecule has 92 valence electrons. The van der Waals surface area contributed by atoms with Crippen molar-refractivity contribution in [1.82, 2.24) is 4.98 Å². The van der Waals surface area contributed by atoms with Crippen LogP contribution in [0.5, 0.6) is 0 Å². The number of anilines is 1. The van der Waals surface area contributed by atoms with Crippen LogP contribution in [0.25, 0.3) is 0 Å². The van der Waals surface area contributed by atoms with Gasteiger partial charge in [-0.15, -0.1) is 0 Å². The molecular weight excluding hydrogens is 220 g/mol. The fourth-order valence-corrected chi connectivity index (χ4v) is 2.14. The number of aromatic nitrogens is 1. The van der Waals surface area contributed by atoms with E-state index in [4.69, 9.17) is 4.74 Å². The summed E-state index contributed by atoms with van der Waals surface area (Å²) in [6, 6.07) is 0. The SMILES string of the molecule is CCOC(=O)c1c(C)[nH]c2c(c1=O)CCN2C. The zero-order valence-electron chi connectivity index (χ0n) is 10.3. The number of fused-ring (bicyclic) bond motifs is 1. The fraction of sp³-hybridized carbons (Fsp3) is 0.500. The average Bonchev–Trinajstić information content (AvgIpc) is 2.61. The molecule has 17 heavy (non-hydrogen) atoms. The topological polar surface area (TPSA) is 62.4 Å². The van der Waals surface area contributed by atoms with Gasteiger partial charge in [0.25, 0.3) is 0 Å². The number of aromatic amines is 1. The van der Waals surface area contributed by atoms with Crippen LogP contribution >= 0.6 is 0 Å². The van der Waals surface area contributed by atoms with Crippen molar-refractivity contribution in [2.75, 3.05) is 25.1 Å². The number of rotatable bonds is 2. The van der Waals surface area contributed by atoms with Gasteiger partial charge in [0.15, 0.2) is 0 Å². The van der Waals surface area contributed by atoms with Crippen molar-refractivity contribution in [3.63, 3.8) is 0 Å². The Kier molecular flexibility index (Phi) is 2.92. The van der Waals surface area contributed by atoms with Crippen LogP contribution in [-0.4, -0.2) is 31.2 Å². The molecule has 0 amide bonds. The molecule has 1 aromatic rings. The summed E-state index contributed by atoms with van der Waals surface area (Å²) in [5.41, 5.74) is 1.20. The molecule has 2 heterocycles. The summed E-state index contributed by atoms with van der Waals surface area (Å²) < 4.78 is 4.90. The second kappa shape index (κ2) is 4.24. The normalized spacial score (nSPS) is 13.7. The zero-order chi connectivity index (χ0) is 12.6. The van der Waals surface area contributed by atoms with Crippen LogP contribution in [0.2, 0.25) is 0 Å². The first kappa shape index (κ1) is 11.7. The van der Waals surface area contributed by atoms with Crippen molar-refractivity contribution >= 4 is 11.8 Å². The van der Waals surface area contributed by atoms with E-state index in [1.807, 2.05) is 11.9 Å². The van der Waals surface area contributed by atoms with E-state index in [0.29, 0.717) is 17.7 Å². The molecule has 0 saturated heterocycles. The number of hydrogen-bond acceptors (Lipinski definition) is 4. The number of esters is 1. The first-order valence-corrected chi connectivity index (χ1v) is 5.70. The van der Waals surface area contributed by atoms with Crippen LogP contribution in [0.15, 0.2) is 4.79 Å². The van der Waals surface area contributed by atoms with Gasteiger partial charge in [-0.3, -0.25) is 4.79 Å². The summed E-state index contributed by atoms with van der Waals surface area (Å²) in [5, 5.41) is 0. The molecular formula is C12H16N2O3. The fourth-order valence-electron chi connectivity index (χ4n) is 2.14. The van der Waals surface area contributed by atoms with E-state index in [1.165, 1.54) is 0 Å². The maximum absolute atomic E-state index is 12.2. The highest BCUT2D eigenvalue weighted by Gasteiger charge is 2.25. The highest BCUT2D eigenvalue weighted by atomic mass is 16.5. The quantitative estimate of drug-likeness (QED) is 0.773. The van der Waals surface area contributed by atoms with Crippen molar-refractivity contribution in [3.05, 3.63) is 27.0 Å². The number of likely N-dealkylation sites (N-methyl/N-ethyl adjacent to an activating group) is 1. The van der Waals surface area contributed by atoms with Crippen LogP contribution < -0.4 is 10.3 Å². The lowest BCUT2D eigenvalue weighted by Crippen LogP contribution is -2.23. The summed E-state index contributed by atoms with van der Waals surface area (Å²) in [6.45, 7) is 4.52. The minimum atomic E-state index is -0.538.